The lowest BCUT2D eigenvalue weighted by molar-refractivity contribution is 0.660. The van der Waals surface area contributed by atoms with Crippen LogP contribution in [0.1, 0.15) is 40.8 Å². The van der Waals surface area contributed by atoms with Crippen molar-refractivity contribution in [2.24, 2.45) is 0 Å². The quantitative estimate of drug-likeness (QED) is 0.786. The predicted molar refractivity (Wildman–Crippen MR) is 86.3 cm³/mol. The number of fused-ring (bicyclic) bond motifs is 1. The first-order valence-corrected chi connectivity index (χ1v) is 8.36. The average Bonchev–Trinajstić information content (AvgIpc) is 2.53. The van der Waals surface area contributed by atoms with Gasteiger partial charge in [-0.05, 0) is 55.4 Å². The van der Waals surface area contributed by atoms with Gasteiger partial charge in [-0.25, -0.2) is 4.98 Å². The number of hydrogen-bond acceptors (Lipinski definition) is 3. The molecule has 0 aliphatic heterocycles. The summed E-state index contributed by atoms with van der Waals surface area (Å²) in [4.78, 5) is 4.77. The fourth-order valence-corrected chi connectivity index (χ4v) is 3.77. The van der Waals surface area contributed by atoms with Crippen LogP contribution in [0.15, 0.2) is 35.4 Å². The zero-order valence-corrected chi connectivity index (χ0v) is 13.0. The standard InChI is InChI=1S/C18H18N2S/c1-13-6-2-3-8-15(13)12-21-18-16(11-19)10-14-7-4-5-9-17(14)20-18/h2-3,6,8,10H,4-5,7,9,12H2,1H3. The van der Waals surface area contributed by atoms with Gasteiger partial charge in [0, 0.05) is 11.4 Å². The normalized spacial score (nSPS) is 13.5. The Morgan fingerprint density at radius 3 is 2.86 bits per heavy atom. The Morgan fingerprint density at radius 2 is 2.05 bits per heavy atom. The molecular formula is C18H18N2S. The van der Waals surface area contributed by atoms with Crippen LogP contribution in [0.4, 0.5) is 0 Å². The molecule has 2 nitrogen and oxygen atoms in total. The van der Waals surface area contributed by atoms with E-state index in [4.69, 9.17) is 4.98 Å². The second-order valence-corrected chi connectivity index (χ2v) is 6.45. The molecule has 0 radical (unpaired) electrons. The highest BCUT2D eigenvalue weighted by atomic mass is 32.2. The van der Waals surface area contributed by atoms with Crippen LogP contribution < -0.4 is 0 Å². The zero-order valence-electron chi connectivity index (χ0n) is 12.2. The van der Waals surface area contributed by atoms with Crippen LogP contribution in [0.3, 0.4) is 0 Å². The first-order valence-electron chi connectivity index (χ1n) is 7.38. The number of pyridine rings is 1. The van der Waals surface area contributed by atoms with Crippen LogP contribution in [0.2, 0.25) is 0 Å². The van der Waals surface area contributed by atoms with E-state index in [0.717, 1.165) is 29.2 Å². The van der Waals surface area contributed by atoms with E-state index in [2.05, 4.69) is 43.3 Å². The summed E-state index contributed by atoms with van der Waals surface area (Å²) >= 11 is 1.68. The van der Waals surface area contributed by atoms with Gasteiger partial charge in [-0.15, -0.1) is 11.8 Å². The van der Waals surface area contributed by atoms with Crippen LogP contribution in [-0.2, 0) is 18.6 Å². The molecular weight excluding hydrogens is 276 g/mol. The topological polar surface area (TPSA) is 36.7 Å². The summed E-state index contributed by atoms with van der Waals surface area (Å²) in [5, 5.41) is 10.3. The van der Waals surface area contributed by atoms with E-state index in [1.165, 1.54) is 35.2 Å². The predicted octanol–water partition coefficient (Wildman–Crippen LogP) is 4.43. The molecule has 0 spiro atoms. The molecule has 3 heteroatoms. The maximum absolute atomic E-state index is 9.37. The van der Waals surface area contributed by atoms with Crippen LogP contribution in [-0.4, -0.2) is 4.98 Å². The van der Waals surface area contributed by atoms with Gasteiger partial charge in [0.1, 0.15) is 11.1 Å². The first-order chi connectivity index (χ1) is 10.3. The van der Waals surface area contributed by atoms with E-state index in [0.29, 0.717) is 0 Å². The van der Waals surface area contributed by atoms with E-state index < -0.39 is 0 Å². The van der Waals surface area contributed by atoms with Crippen molar-refractivity contribution >= 4 is 11.8 Å². The number of aromatic nitrogens is 1. The van der Waals surface area contributed by atoms with Gasteiger partial charge in [0.05, 0.1) is 5.56 Å². The summed E-state index contributed by atoms with van der Waals surface area (Å²) in [5.74, 6) is 0.868. The van der Waals surface area contributed by atoms with Crippen molar-refractivity contribution in [2.45, 2.75) is 43.4 Å². The molecule has 0 atom stereocenters. The van der Waals surface area contributed by atoms with Gasteiger partial charge in [0.2, 0.25) is 0 Å². The van der Waals surface area contributed by atoms with Gasteiger partial charge in [-0.1, -0.05) is 24.3 Å². The van der Waals surface area contributed by atoms with E-state index in [9.17, 15) is 5.26 Å². The number of aryl methyl sites for hydroxylation is 3. The van der Waals surface area contributed by atoms with Crippen LogP contribution in [0.25, 0.3) is 0 Å². The molecule has 0 saturated heterocycles. The highest BCUT2D eigenvalue weighted by molar-refractivity contribution is 7.98. The van der Waals surface area contributed by atoms with Crippen molar-refractivity contribution in [2.75, 3.05) is 0 Å². The molecule has 0 saturated carbocycles. The third-order valence-electron chi connectivity index (χ3n) is 4.01. The zero-order chi connectivity index (χ0) is 14.7. The third-order valence-corrected chi connectivity index (χ3v) is 5.05. The Morgan fingerprint density at radius 1 is 1.24 bits per heavy atom. The molecule has 106 valence electrons. The SMILES string of the molecule is Cc1ccccc1CSc1nc2c(cc1C#N)CCCC2. The fraction of sp³-hybridized carbons (Fsp3) is 0.333. The molecule has 1 aromatic heterocycles. The molecule has 1 aliphatic carbocycles. The Balaban J connectivity index is 1.85. The van der Waals surface area contributed by atoms with Crippen LogP contribution >= 0.6 is 11.8 Å². The highest BCUT2D eigenvalue weighted by Crippen LogP contribution is 2.29. The lowest BCUT2D eigenvalue weighted by atomic mass is 9.95. The summed E-state index contributed by atoms with van der Waals surface area (Å²) in [7, 11) is 0. The number of hydrogen-bond donors (Lipinski definition) is 0. The summed E-state index contributed by atoms with van der Waals surface area (Å²) < 4.78 is 0. The monoisotopic (exact) mass is 294 g/mol. The van der Waals surface area contributed by atoms with Gasteiger partial charge in [0.15, 0.2) is 0 Å². The lowest BCUT2D eigenvalue weighted by Gasteiger charge is -2.16. The van der Waals surface area contributed by atoms with E-state index in [1.54, 1.807) is 11.8 Å². The average molecular weight is 294 g/mol. The summed E-state index contributed by atoms with van der Waals surface area (Å²) in [5.41, 5.74) is 5.81. The summed E-state index contributed by atoms with van der Waals surface area (Å²) in [6.45, 7) is 2.13. The molecule has 1 aliphatic rings. The molecule has 2 aromatic rings. The number of rotatable bonds is 3. The van der Waals surface area contributed by atoms with Crippen molar-refractivity contribution in [3.8, 4) is 6.07 Å². The van der Waals surface area contributed by atoms with Gasteiger partial charge >= 0.3 is 0 Å². The van der Waals surface area contributed by atoms with Crippen molar-refractivity contribution in [1.29, 1.82) is 5.26 Å². The van der Waals surface area contributed by atoms with Crippen molar-refractivity contribution in [1.82, 2.24) is 4.98 Å². The van der Waals surface area contributed by atoms with Gasteiger partial charge in [-0.3, -0.25) is 0 Å². The largest absolute Gasteiger partial charge is 0.245 e. The maximum atomic E-state index is 9.37. The van der Waals surface area contributed by atoms with Crippen molar-refractivity contribution in [3.63, 3.8) is 0 Å². The van der Waals surface area contributed by atoms with E-state index in [-0.39, 0.29) is 0 Å². The molecule has 0 unspecified atom stereocenters. The van der Waals surface area contributed by atoms with Crippen LogP contribution in [0, 0.1) is 18.3 Å². The Hall–Kier alpha value is -1.79. The first kappa shape index (κ1) is 14.2. The number of nitrogens with zero attached hydrogens (tertiary/aromatic N) is 2. The minimum Gasteiger partial charge on any atom is -0.245 e. The fourth-order valence-electron chi connectivity index (χ4n) is 2.72. The smallest absolute Gasteiger partial charge is 0.114 e. The van der Waals surface area contributed by atoms with Crippen molar-refractivity contribution in [3.05, 3.63) is 58.3 Å². The third kappa shape index (κ3) is 3.11. The Bertz CT molecular complexity index is 701. The molecule has 1 aromatic carbocycles. The van der Waals surface area contributed by atoms with Gasteiger partial charge in [-0.2, -0.15) is 5.26 Å². The number of nitriles is 1. The molecule has 0 bridgehead atoms. The molecule has 0 N–H and O–H groups in total. The number of benzene rings is 1. The van der Waals surface area contributed by atoms with Gasteiger partial charge in [0.25, 0.3) is 0 Å². The second kappa shape index (κ2) is 6.32. The van der Waals surface area contributed by atoms with Crippen LogP contribution in [0.5, 0.6) is 0 Å². The molecule has 21 heavy (non-hydrogen) atoms. The molecule has 0 fully saturated rings. The second-order valence-electron chi connectivity index (χ2n) is 5.48. The van der Waals surface area contributed by atoms with Crippen molar-refractivity contribution < 1.29 is 0 Å². The Labute approximate surface area is 130 Å². The number of thioether (sulfide) groups is 1. The highest BCUT2D eigenvalue weighted by Gasteiger charge is 2.15. The minimum atomic E-state index is 0.731. The van der Waals surface area contributed by atoms with Gasteiger partial charge < -0.3 is 0 Å². The lowest BCUT2D eigenvalue weighted by Crippen LogP contribution is -2.07. The summed E-state index contributed by atoms with van der Waals surface area (Å²) in [6.07, 6.45) is 4.56. The Kier molecular flexibility index (Phi) is 4.26. The van der Waals surface area contributed by atoms with E-state index >= 15 is 0 Å². The maximum Gasteiger partial charge on any atom is 0.114 e. The molecule has 0 amide bonds. The minimum absolute atomic E-state index is 0.731. The molecule has 3 rings (SSSR count). The van der Waals surface area contributed by atoms with E-state index in [1.807, 2.05) is 0 Å². The molecule has 1 heterocycles. The summed E-state index contributed by atoms with van der Waals surface area (Å²) in [6, 6.07) is 12.8.